The number of aromatic nitrogens is 1. The summed E-state index contributed by atoms with van der Waals surface area (Å²) in [6.07, 6.45) is 0.526. The van der Waals surface area contributed by atoms with Crippen LogP contribution in [0.4, 0.5) is 5.69 Å². The molecule has 0 saturated heterocycles. The summed E-state index contributed by atoms with van der Waals surface area (Å²) >= 11 is 0. The lowest BCUT2D eigenvalue weighted by molar-refractivity contribution is -0.138. The number of rotatable bonds is 3. The Hall–Kier alpha value is -2.30. The monoisotopic (exact) mass is 258 g/mol. The van der Waals surface area contributed by atoms with Crippen LogP contribution in [0.3, 0.4) is 0 Å². The second-order valence-electron chi connectivity index (χ2n) is 4.75. The predicted octanol–water partition coefficient (Wildman–Crippen LogP) is 2.00. The quantitative estimate of drug-likeness (QED) is 0.912. The van der Waals surface area contributed by atoms with E-state index in [1.54, 1.807) is 0 Å². The number of para-hydroxylation sites is 1. The zero-order valence-electron chi connectivity index (χ0n) is 10.5. The summed E-state index contributed by atoms with van der Waals surface area (Å²) in [4.78, 5) is 13.2. The van der Waals surface area contributed by atoms with Crippen molar-refractivity contribution in [3.63, 3.8) is 0 Å². The van der Waals surface area contributed by atoms with Crippen molar-refractivity contribution >= 4 is 11.7 Å². The van der Waals surface area contributed by atoms with Gasteiger partial charge >= 0.3 is 5.97 Å². The maximum Gasteiger partial charge on any atom is 0.326 e. The van der Waals surface area contributed by atoms with Crippen molar-refractivity contribution in [3.05, 3.63) is 47.3 Å². The van der Waals surface area contributed by atoms with Gasteiger partial charge in [-0.15, -0.1) is 0 Å². The van der Waals surface area contributed by atoms with Gasteiger partial charge in [-0.3, -0.25) is 0 Å². The average Bonchev–Trinajstić information content (AvgIpc) is 2.95. The van der Waals surface area contributed by atoms with Gasteiger partial charge in [0.15, 0.2) is 5.76 Å². The Morgan fingerprint density at radius 2 is 2.32 bits per heavy atom. The Kier molecular flexibility index (Phi) is 2.74. The van der Waals surface area contributed by atoms with E-state index < -0.39 is 12.0 Å². The van der Waals surface area contributed by atoms with Gasteiger partial charge in [-0.05, 0) is 18.6 Å². The van der Waals surface area contributed by atoms with Gasteiger partial charge in [0.05, 0.1) is 12.2 Å². The molecule has 1 N–H and O–H groups in total. The number of carboxylic acid groups (broad SMARTS) is 1. The first-order valence-corrected chi connectivity index (χ1v) is 6.14. The van der Waals surface area contributed by atoms with Crippen molar-refractivity contribution in [1.29, 1.82) is 0 Å². The molecule has 98 valence electrons. The number of fused-ring (bicyclic) bond motifs is 1. The van der Waals surface area contributed by atoms with Crippen LogP contribution in [0.1, 0.15) is 17.0 Å². The second-order valence-corrected chi connectivity index (χ2v) is 4.75. The minimum atomic E-state index is -0.813. The van der Waals surface area contributed by atoms with Crippen LogP contribution in [0.25, 0.3) is 0 Å². The summed E-state index contributed by atoms with van der Waals surface area (Å²) in [5.41, 5.74) is 2.82. The summed E-state index contributed by atoms with van der Waals surface area (Å²) in [6.45, 7) is 2.27. The van der Waals surface area contributed by atoms with Crippen LogP contribution in [0.15, 0.2) is 34.9 Å². The number of carboxylic acids is 1. The summed E-state index contributed by atoms with van der Waals surface area (Å²) in [5, 5.41) is 13.2. The SMILES string of the molecule is Cc1cc(CN2c3ccccc3CC2C(=O)O)on1. The lowest BCUT2D eigenvalue weighted by Crippen LogP contribution is -2.38. The molecule has 1 unspecified atom stereocenters. The van der Waals surface area contributed by atoms with Gasteiger partial charge in [-0.25, -0.2) is 4.79 Å². The Balaban J connectivity index is 1.93. The van der Waals surface area contributed by atoms with Gasteiger partial charge in [-0.2, -0.15) is 0 Å². The molecule has 2 aromatic rings. The van der Waals surface area contributed by atoms with Gasteiger partial charge in [-0.1, -0.05) is 23.4 Å². The van der Waals surface area contributed by atoms with Crippen LogP contribution in [-0.4, -0.2) is 22.3 Å². The first-order valence-electron chi connectivity index (χ1n) is 6.14. The first kappa shape index (κ1) is 11.8. The van der Waals surface area contributed by atoms with Crippen molar-refractivity contribution in [1.82, 2.24) is 5.16 Å². The molecule has 1 aromatic carbocycles. The van der Waals surface area contributed by atoms with E-state index >= 15 is 0 Å². The number of hydrogen-bond acceptors (Lipinski definition) is 4. The average molecular weight is 258 g/mol. The van der Waals surface area contributed by atoms with E-state index in [4.69, 9.17) is 4.52 Å². The normalized spacial score (nSPS) is 17.5. The minimum Gasteiger partial charge on any atom is -0.480 e. The van der Waals surface area contributed by atoms with Gasteiger partial charge < -0.3 is 14.5 Å². The number of hydrogen-bond donors (Lipinski definition) is 1. The van der Waals surface area contributed by atoms with E-state index in [2.05, 4.69) is 5.16 Å². The topological polar surface area (TPSA) is 66.6 Å². The Morgan fingerprint density at radius 1 is 1.53 bits per heavy atom. The molecule has 0 radical (unpaired) electrons. The minimum absolute atomic E-state index is 0.425. The molecule has 5 nitrogen and oxygen atoms in total. The highest BCUT2D eigenvalue weighted by Gasteiger charge is 2.34. The number of carbonyl (C=O) groups is 1. The molecule has 0 bridgehead atoms. The Labute approximate surface area is 110 Å². The van der Waals surface area contributed by atoms with E-state index in [0.717, 1.165) is 16.9 Å². The standard InChI is InChI=1S/C14H14N2O3/c1-9-6-11(19-15-9)8-16-12-5-3-2-4-10(12)7-13(16)14(17)18/h2-6,13H,7-8H2,1H3,(H,17,18). The van der Waals surface area contributed by atoms with E-state index in [1.165, 1.54) is 0 Å². The number of nitrogens with zero attached hydrogens (tertiary/aromatic N) is 2. The maximum atomic E-state index is 11.4. The second kappa shape index (κ2) is 4.42. The van der Waals surface area contributed by atoms with Crippen LogP contribution < -0.4 is 4.90 Å². The fourth-order valence-electron chi connectivity index (χ4n) is 2.52. The molecule has 1 aromatic heterocycles. The highest BCUT2D eigenvalue weighted by atomic mass is 16.5. The van der Waals surface area contributed by atoms with Crippen molar-refractivity contribution < 1.29 is 14.4 Å². The maximum absolute atomic E-state index is 11.4. The van der Waals surface area contributed by atoms with Crippen molar-refractivity contribution in [3.8, 4) is 0 Å². The summed E-state index contributed by atoms with van der Waals surface area (Å²) in [7, 11) is 0. The fourth-order valence-corrected chi connectivity index (χ4v) is 2.52. The van der Waals surface area contributed by atoms with Gasteiger partial charge in [0.2, 0.25) is 0 Å². The smallest absolute Gasteiger partial charge is 0.326 e. The summed E-state index contributed by atoms with van der Waals surface area (Å²) < 4.78 is 5.18. The van der Waals surface area contributed by atoms with Crippen molar-refractivity contribution in [2.75, 3.05) is 4.90 Å². The third kappa shape index (κ3) is 2.07. The third-order valence-corrected chi connectivity index (χ3v) is 3.38. The van der Waals surface area contributed by atoms with E-state index in [-0.39, 0.29) is 0 Å². The Morgan fingerprint density at radius 3 is 3.00 bits per heavy atom. The molecule has 1 atom stereocenters. The van der Waals surface area contributed by atoms with E-state index in [9.17, 15) is 9.90 Å². The molecule has 1 aliphatic rings. The molecule has 19 heavy (non-hydrogen) atoms. The molecule has 3 rings (SSSR count). The van der Waals surface area contributed by atoms with Gasteiger partial charge in [0, 0.05) is 18.2 Å². The molecule has 0 amide bonds. The molecule has 2 heterocycles. The van der Waals surface area contributed by atoms with Crippen LogP contribution >= 0.6 is 0 Å². The molecule has 1 aliphatic heterocycles. The molecule has 0 saturated carbocycles. The molecule has 5 heteroatoms. The lowest BCUT2D eigenvalue weighted by Gasteiger charge is -2.23. The molecule has 0 spiro atoms. The van der Waals surface area contributed by atoms with Crippen molar-refractivity contribution in [2.24, 2.45) is 0 Å². The lowest BCUT2D eigenvalue weighted by atomic mass is 10.1. The zero-order valence-corrected chi connectivity index (χ0v) is 10.5. The fraction of sp³-hybridized carbons (Fsp3) is 0.286. The van der Waals surface area contributed by atoms with Gasteiger partial charge in [0.1, 0.15) is 6.04 Å². The van der Waals surface area contributed by atoms with Crippen LogP contribution in [0.5, 0.6) is 0 Å². The molecule has 0 aliphatic carbocycles. The molecular weight excluding hydrogens is 244 g/mol. The van der Waals surface area contributed by atoms with E-state index in [1.807, 2.05) is 42.2 Å². The molecular formula is C14H14N2O3. The predicted molar refractivity (Wildman–Crippen MR) is 69.0 cm³/mol. The number of benzene rings is 1. The number of aryl methyl sites for hydroxylation is 1. The Bertz CT molecular complexity index is 621. The number of anilines is 1. The molecule has 0 fully saturated rings. The third-order valence-electron chi connectivity index (χ3n) is 3.38. The van der Waals surface area contributed by atoms with Gasteiger partial charge in [0.25, 0.3) is 0 Å². The summed E-state index contributed by atoms with van der Waals surface area (Å²) in [5.74, 6) is -0.132. The van der Waals surface area contributed by atoms with E-state index in [0.29, 0.717) is 18.7 Å². The van der Waals surface area contributed by atoms with Crippen LogP contribution in [-0.2, 0) is 17.8 Å². The van der Waals surface area contributed by atoms with Crippen molar-refractivity contribution in [2.45, 2.75) is 25.9 Å². The largest absolute Gasteiger partial charge is 0.480 e. The first-order chi connectivity index (χ1) is 9.15. The zero-order chi connectivity index (χ0) is 13.4. The van der Waals surface area contributed by atoms with Crippen LogP contribution in [0, 0.1) is 6.92 Å². The van der Waals surface area contributed by atoms with Crippen LogP contribution in [0.2, 0.25) is 0 Å². The highest BCUT2D eigenvalue weighted by Crippen LogP contribution is 2.33. The number of aliphatic carboxylic acids is 1. The highest BCUT2D eigenvalue weighted by molar-refractivity contribution is 5.82. The summed E-state index contributed by atoms with van der Waals surface area (Å²) in [6, 6.07) is 9.06.